The minimum Gasteiger partial charge on any atom is -0.320 e. The maximum absolute atomic E-state index is 5.37. The summed E-state index contributed by atoms with van der Waals surface area (Å²) in [6.07, 6.45) is 0. The lowest BCUT2D eigenvalue weighted by atomic mass is 10.1. The summed E-state index contributed by atoms with van der Waals surface area (Å²) in [7, 11) is 0. The summed E-state index contributed by atoms with van der Waals surface area (Å²) in [4.78, 5) is 4.63. The first-order chi connectivity index (χ1) is 10.3. The van der Waals surface area contributed by atoms with Crippen LogP contribution in [0.3, 0.4) is 0 Å². The van der Waals surface area contributed by atoms with E-state index in [1.54, 1.807) is 23.1 Å². The van der Waals surface area contributed by atoms with Crippen molar-refractivity contribution in [1.82, 2.24) is 4.98 Å². The maximum Gasteiger partial charge on any atom is 0.151 e. The monoisotopic (exact) mass is 310 g/mol. The van der Waals surface area contributed by atoms with Crippen LogP contribution < -0.4 is 5.73 Å². The van der Waals surface area contributed by atoms with Crippen molar-refractivity contribution in [3.8, 4) is 11.8 Å². The number of rotatable bonds is 3. The van der Waals surface area contributed by atoms with Crippen molar-refractivity contribution >= 4 is 33.3 Å². The minimum absolute atomic E-state index is 0.398. The van der Waals surface area contributed by atoms with E-state index in [9.17, 15) is 0 Å². The van der Waals surface area contributed by atoms with Gasteiger partial charge in [0.2, 0.25) is 0 Å². The summed E-state index contributed by atoms with van der Waals surface area (Å²) in [5.41, 5.74) is 8.73. The summed E-state index contributed by atoms with van der Waals surface area (Å²) in [5, 5.41) is 0. The van der Waals surface area contributed by atoms with Crippen LogP contribution in [0, 0.1) is 11.8 Å². The Labute approximate surface area is 132 Å². The van der Waals surface area contributed by atoms with Gasteiger partial charge in [0.1, 0.15) is 0 Å². The van der Waals surface area contributed by atoms with Crippen molar-refractivity contribution in [1.29, 1.82) is 0 Å². The van der Waals surface area contributed by atoms with E-state index >= 15 is 0 Å². The van der Waals surface area contributed by atoms with E-state index in [4.69, 9.17) is 5.73 Å². The summed E-state index contributed by atoms with van der Waals surface area (Å²) in [5.74, 6) is 6.81. The molecule has 0 aliphatic carbocycles. The van der Waals surface area contributed by atoms with Gasteiger partial charge in [-0.3, -0.25) is 0 Å². The Balaban J connectivity index is 1.66. The molecule has 2 aromatic carbocycles. The molecule has 0 unspecified atom stereocenters. The van der Waals surface area contributed by atoms with Crippen molar-refractivity contribution in [2.75, 3.05) is 6.54 Å². The van der Waals surface area contributed by atoms with Crippen LogP contribution in [0.15, 0.2) is 52.9 Å². The van der Waals surface area contributed by atoms with E-state index in [1.165, 1.54) is 10.3 Å². The number of fused-ring (bicyclic) bond motifs is 1. The quantitative estimate of drug-likeness (QED) is 0.589. The largest absolute Gasteiger partial charge is 0.320 e. The van der Waals surface area contributed by atoms with Crippen molar-refractivity contribution in [2.45, 2.75) is 10.1 Å². The van der Waals surface area contributed by atoms with Gasteiger partial charge in [-0.1, -0.05) is 47.9 Å². The van der Waals surface area contributed by atoms with Gasteiger partial charge in [-0.25, -0.2) is 4.98 Å². The molecule has 1 aromatic heterocycles. The highest BCUT2D eigenvalue weighted by Crippen LogP contribution is 2.31. The fourth-order valence-corrected chi connectivity index (χ4v) is 3.92. The van der Waals surface area contributed by atoms with E-state index in [-0.39, 0.29) is 0 Å². The number of aromatic nitrogens is 1. The molecular formula is C17H14N2S2. The number of hydrogen-bond acceptors (Lipinski definition) is 4. The molecule has 0 aliphatic heterocycles. The first-order valence-corrected chi connectivity index (χ1v) is 8.41. The van der Waals surface area contributed by atoms with E-state index in [0.29, 0.717) is 6.54 Å². The van der Waals surface area contributed by atoms with E-state index < -0.39 is 0 Å². The molecule has 3 rings (SSSR count). The molecule has 104 valence electrons. The molecule has 0 saturated heterocycles. The normalized spacial score (nSPS) is 10.3. The van der Waals surface area contributed by atoms with Crippen molar-refractivity contribution in [3.63, 3.8) is 0 Å². The van der Waals surface area contributed by atoms with Crippen LogP contribution in [0.1, 0.15) is 11.1 Å². The highest BCUT2D eigenvalue weighted by atomic mass is 32.2. The predicted molar refractivity (Wildman–Crippen MR) is 91.6 cm³/mol. The Kier molecular flexibility index (Phi) is 4.56. The molecular weight excluding hydrogens is 296 g/mol. The third-order valence-corrected chi connectivity index (χ3v) is 5.18. The first-order valence-electron chi connectivity index (χ1n) is 6.61. The van der Waals surface area contributed by atoms with Gasteiger partial charge in [0.15, 0.2) is 4.34 Å². The Morgan fingerprint density at radius 3 is 2.67 bits per heavy atom. The van der Waals surface area contributed by atoms with Crippen molar-refractivity contribution < 1.29 is 0 Å². The lowest BCUT2D eigenvalue weighted by molar-refractivity contribution is 1.29. The van der Waals surface area contributed by atoms with Crippen LogP contribution in [0.25, 0.3) is 10.2 Å². The molecule has 0 amide bonds. The minimum atomic E-state index is 0.398. The number of thioether (sulfide) groups is 1. The highest BCUT2D eigenvalue weighted by molar-refractivity contribution is 8.00. The van der Waals surface area contributed by atoms with Crippen LogP contribution in [0.4, 0.5) is 0 Å². The zero-order valence-corrected chi connectivity index (χ0v) is 13.0. The van der Waals surface area contributed by atoms with Gasteiger partial charge in [-0.05, 0) is 29.8 Å². The van der Waals surface area contributed by atoms with Crippen LogP contribution in [0.5, 0.6) is 0 Å². The fourth-order valence-electron chi connectivity index (χ4n) is 1.90. The third kappa shape index (κ3) is 3.64. The van der Waals surface area contributed by atoms with E-state index in [2.05, 4.69) is 47.2 Å². The summed E-state index contributed by atoms with van der Waals surface area (Å²) < 4.78 is 2.36. The van der Waals surface area contributed by atoms with Gasteiger partial charge < -0.3 is 5.73 Å². The molecule has 0 spiro atoms. The molecule has 0 radical (unpaired) electrons. The zero-order valence-electron chi connectivity index (χ0n) is 11.4. The summed E-state index contributed by atoms with van der Waals surface area (Å²) in [6, 6.07) is 16.5. The second-order valence-corrected chi connectivity index (χ2v) is 6.69. The molecule has 2 nitrogen and oxygen atoms in total. The Bertz CT molecular complexity index is 762. The number of thiazole rings is 1. The van der Waals surface area contributed by atoms with Crippen LogP contribution in [-0.2, 0) is 5.75 Å². The standard InChI is InChI=1S/C17H14N2S2/c18-11-3-4-13-7-9-14(10-8-13)12-20-17-19-15-5-1-2-6-16(15)21-17/h1-2,5-10H,11-12,18H2. The van der Waals surface area contributed by atoms with Crippen molar-refractivity contribution in [3.05, 3.63) is 59.7 Å². The highest BCUT2D eigenvalue weighted by Gasteiger charge is 2.04. The molecule has 0 fully saturated rings. The third-order valence-electron chi connectivity index (χ3n) is 2.93. The van der Waals surface area contributed by atoms with Crippen LogP contribution >= 0.6 is 23.1 Å². The van der Waals surface area contributed by atoms with Crippen molar-refractivity contribution in [2.24, 2.45) is 5.73 Å². The average Bonchev–Trinajstić information content (AvgIpc) is 2.95. The Hall–Kier alpha value is -1.80. The lowest BCUT2D eigenvalue weighted by Crippen LogP contribution is -1.93. The molecule has 0 atom stereocenters. The number of para-hydroxylation sites is 1. The molecule has 3 aromatic rings. The van der Waals surface area contributed by atoms with Gasteiger partial charge >= 0.3 is 0 Å². The molecule has 0 aliphatic rings. The molecule has 1 heterocycles. The smallest absolute Gasteiger partial charge is 0.151 e. The molecule has 0 saturated carbocycles. The number of benzene rings is 2. The van der Waals surface area contributed by atoms with Crippen LogP contribution in [0.2, 0.25) is 0 Å². The fraction of sp³-hybridized carbons (Fsp3) is 0.118. The topological polar surface area (TPSA) is 38.9 Å². The predicted octanol–water partition coefficient (Wildman–Crippen LogP) is 3.90. The number of nitrogens with two attached hydrogens (primary N) is 1. The number of nitrogens with zero attached hydrogens (tertiary/aromatic N) is 1. The van der Waals surface area contributed by atoms with Gasteiger partial charge in [0, 0.05) is 11.3 Å². The van der Waals surface area contributed by atoms with Gasteiger partial charge in [0.25, 0.3) is 0 Å². The Morgan fingerprint density at radius 1 is 1.10 bits per heavy atom. The molecule has 2 N–H and O–H groups in total. The maximum atomic E-state index is 5.37. The number of hydrogen-bond donors (Lipinski definition) is 1. The van der Waals surface area contributed by atoms with E-state index in [0.717, 1.165) is 21.2 Å². The van der Waals surface area contributed by atoms with Crippen LogP contribution in [-0.4, -0.2) is 11.5 Å². The first kappa shape index (κ1) is 14.2. The summed E-state index contributed by atoms with van der Waals surface area (Å²) >= 11 is 3.52. The van der Waals surface area contributed by atoms with Gasteiger partial charge in [-0.15, -0.1) is 11.3 Å². The summed E-state index contributed by atoms with van der Waals surface area (Å²) in [6.45, 7) is 0.398. The molecule has 4 heteroatoms. The Morgan fingerprint density at radius 2 is 1.90 bits per heavy atom. The van der Waals surface area contributed by atoms with E-state index in [1.807, 2.05) is 18.2 Å². The zero-order chi connectivity index (χ0) is 14.5. The molecule has 21 heavy (non-hydrogen) atoms. The van der Waals surface area contributed by atoms with Gasteiger partial charge in [-0.2, -0.15) is 0 Å². The SMILES string of the molecule is NCC#Cc1ccc(CSc2nc3ccccc3s2)cc1. The lowest BCUT2D eigenvalue weighted by Gasteiger charge is -1.99. The average molecular weight is 310 g/mol. The second-order valence-electron chi connectivity index (χ2n) is 4.44. The van der Waals surface area contributed by atoms with Gasteiger partial charge in [0.05, 0.1) is 16.8 Å². The molecule has 0 bridgehead atoms. The second kappa shape index (κ2) is 6.77.